The van der Waals surface area contributed by atoms with Crippen molar-refractivity contribution in [1.29, 1.82) is 0 Å². The summed E-state index contributed by atoms with van der Waals surface area (Å²) in [5, 5.41) is 0. The number of fused-ring (bicyclic) bond motifs is 3. The molecular formula is C93H81Br2F2N9O13. The first-order valence-electron chi connectivity index (χ1n) is 39.4. The normalized spacial score (nSPS) is 17.0. The van der Waals surface area contributed by atoms with Crippen LogP contribution in [0.25, 0.3) is 55.6 Å². The molecule has 2 amide bonds. The Bertz CT molecular complexity index is 5970. The fourth-order valence-electron chi connectivity index (χ4n) is 14.6. The van der Waals surface area contributed by atoms with Gasteiger partial charge in [-0.1, -0.05) is 159 Å². The van der Waals surface area contributed by atoms with Crippen LogP contribution in [0.3, 0.4) is 0 Å². The van der Waals surface area contributed by atoms with Crippen molar-refractivity contribution >= 4 is 118 Å². The van der Waals surface area contributed by atoms with E-state index in [1.54, 1.807) is 61.5 Å². The number of para-hydroxylation sites is 3. The number of aliphatic imine (C=N–C) groups is 3. The van der Waals surface area contributed by atoms with Gasteiger partial charge in [0.05, 0.1) is 71.7 Å². The number of esters is 1. The van der Waals surface area contributed by atoms with Crippen molar-refractivity contribution < 1.29 is 55.5 Å². The lowest BCUT2D eigenvalue weighted by Crippen LogP contribution is -2.34. The van der Waals surface area contributed by atoms with Crippen LogP contribution >= 0.6 is 31.9 Å². The highest BCUT2D eigenvalue weighted by molar-refractivity contribution is 9.10. The van der Waals surface area contributed by atoms with Crippen LogP contribution in [-0.2, 0) is 23.9 Å². The number of aromatic nitrogens is 3. The van der Waals surface area contributed by atoms with E-state index in [1.807, 2.05) is 125 Å². The molecule has 4 saturated carbocycles. The Labute approximate surface area is 697 Å². The van der Waals surface area contributed by atoms with E-state index in [4.69, 9.17) is 29.0 Å². The number of nitrogens with zero attached hydrogens (tertiary/aromatic N) is 5. The quantitative estimate of drug-likeness (QED) is 0.0138. The number of carbonyl (C=O) groups is 6. The van der Waals surface area contributed by atoms with E-state index >= 15 is 0 Å². The van der Waals surface area contributed by atoms with Gasteiger partial charge < -0.3 is 33.5 Å². The third-order valence-corrected chi connectivity index (χ3v) is 22.5. The maximum absolute atomic E-state index is 14.4. The number of amides is 2. The Hall–Kier alpha value is -12.5. The van der Waals surface area contributed by atoms with Crippen LogP contribution in [0.4, 0.5) is 8.78 Å². The Morgan fingerprint density at radius 3 is 1.34 bits per heavy atom. The topological polar surface area (TPSA) is 319 Å². The molecule has 2 unspecified atom stereocenters. The molecule has 0 bridgehead atoms. The van der Waals surface area contributed by atoms with Crippen molar-refractivity contribution in [3.8, 4) is 22.3 Å². The largest absolute Gasteiger partial charge is 0.460 e. The maximum atomic E-state index is 14.4. The molecule has 4 fully saturated rings. The third-order valence-electron chi connectivity index (χ3n) is 21.5. The summed E-state index contributed by atoms with van der Waals surface area (Å²) in [7, 11) is 0. The zero-order valence-corrected chi connectivity index (χ0v) is 67.8. The maximum Gasteiger partial charge on any atom is 0.417 e. The number of rotatable bonds is 20. The summed E-state index contributed by atoms with van der Waals surface area (Å²) in [5.74, 6) is -2.04. The predicted octanol–water partition coefficient (Wildman–Crippen LogP) is 16.8. The van der Waals surface area contributed by atoms with Gasteiger partial charge in [0, 0.05) is 84.9 Å². The number of aromatic amines is 3. The van der Waals surface area contributed by atoms with Gasteiger partial charge in [-0.3, -0.25) is 53.9 Å². The molecule has 119 heavy (non-hydrogen) atoms. The summed E-state index contributed by atoms with van der Waals surface area (Å²) in [6.07, 6.45) is 12.2. The molecule has 20 rings (SSSR count). The number of hydrogen-bond donors (Lipinski definition) is 4. The molecule has 4 aliphatic heterocycles. The molecule has 12 aromatic rings. The summed E-state index contributed by atoms with van der Waals surface area (Å²) < 4.78 is 51.1. The van der Waals surface area contributed by atoms with Crippen LogP contribution in [-0.4, -0.2) is 124 Å². The highest BCUT2D eigenvalue weighted by Gasteiger charge is 2.48. The van der Waals surface area contributed by atoms with Gasteiger partial charge in [0.1, 0.15) is 17.9 Å². The van der Waals surface area contributed by atoms with Gasteiger partial charge in [-0.15, -0.1) is 0 Å². The number of oxazole rings is 3. The minimum atomic E-state index is -1.05. The number of H-pyrrole nitrogens is 3. The van der Waals surface area contributed by atoms with Gasteiger partial charge in [-0.2, -0.15) is 0 Å². The van der Waals surface area contributed by atoms with Gasteiger partial charge in [-0.05, 0) is 189 Å². The van der Waals surface area contributed by atoms with E-state index in [2.05, 4.69) is 68.7 Å². The minimum absolute atomic E-state index is 0.0153. The second kappa shape index (κ2) is 36.6. The second-order valence-electron chi connectivity index (χ2n) is 30.1. The molecule has 2 atom stereocenters. The predicted molar refractivity (Wildman–Crippen MR) is 457 cm³/mol. The molecule has 3 aromatic heterocycles. The van der Waals surface area contributed by atoms with E-state index in [-0.39, 0.29) is 53.3 Å². The number of hydrogen-bond acceptors (Lipinski definition) is 17. The SMILES string of the molecule is Brc1ccc(C=NCC2CC2)cc1.CCOC(=O)C(=O)CC(=O)c1cccc2[nH]c(=O)oc12.NCC1CC1.O=C1C2=C(C(c3cccc4[nH]c(=O)oc34)=NC2)C(c2ccc(-c3ccccc3F)cc2)N1CC1CC1.O=C1C2=C(C(c3cccc4[nH]c(=O)oc34)=NC2)C(c2ccc(-c3ccccc3F)cc2)N1CC1CC1.O=Cc1ccc(Br)cc1. The summed E-state index contributed by atoms with van der Waals surface area (Å²) in [4.78, 5) is 132. The molecule has 0 saturated heterocycles. The number of nitrogens with two attached hydrogens (primary N) is 1. The number of benzene rings is 9. The van der Waals surface area contributed by atoms with Gasteiger partial charge >= 0.3 is 23.2 Å². The number of ether oxygens (including phenoxy) is 1. The average Bonchev–Trinajstić information content (AvgIpc) is 1.58. The molecule has 0 radical (unpaired) electrons. The first-order chi connectivity index (χ1) is 57.8. The molecule has 26 heteroatoms. The molecule has 7 heterocycles. The summed E-state index contributed by atoms with van der Waals surface area (Å²) in [6, 6.07) is 59.3. The van der Waals surface area contributed by atoms with Gasteiger partial charge in [-0.25, -0.2) is 28.0 Å². The Kier molecular flexibility index (Phi) is 25.1. The number of nitrogens with one attached hydrogen (secondary N) is 3. The zero-order valence-electron chi connectivity index (χ0n) is 64.6. The molecule has 0 spiro atoms. The van der Waals surface area contributed by atoms with Gasteiger partial charge in [0.2, 0.25) is 5.78 Å². The lowest BCUT2D eigenvalue weighted by Gasteiger charge is -2.29. The molecule has 8 aliphatic rings. The minimum Gasteiger partial charge on any atom is -0.460 e. The first kappa shape index (κ1) is 81.6. The number of ketones is 2. The van der Waals surface area contributed by atoms with Crippen molar-refractivity contribution in [3.63, 3.8) is 0 Å². The van der Waals surface area contributed by atoms with Crippen molar-refractivity contribution in [2.24, 2.45) is 44.4 Å². The van der Waals surface area contributed by atoms with Gasteiger partial charge in [0.25, 0.3) is 11.8 Å². The van der Waals surface area contributed by atoms with Crippen molar-refractivity contribution in [2.45, 2.75) is 76.8 Å². The first-order valence-corrected chi connectivity index (χ1v) is 41.0. The number of aldehydes is 1. The van der Waals surface area contributed by atoms with Crippen LogP contribution in [0.15, 0.2) is 274 Å². The number of carbonyl (C=O) groups excluding carboxylic acids is 6. The summed E-state index contributed by atoms with van der Waals surface area (Å²) >= 11 is 6.66. The van der Waals surface area contributed by atoms with Crippen LogP contribution in [0.2, 0.25) is 0 Å². The van der Waals surface area contributed by atoms with Crippen LogP contribution in [0, 0.1) is 35.3 Å². The molecule has 5 N–H and O–H groups in total. The molecule has 9 aromatic carbocycles. The van der Waals surface area contributed by atoms with E-state index in [9.17, 15) is 51.9 Å². The van der Waals surface area contributed by atoms with Crippen molar-refractivity contribution in [2.75, 3.05) is 45.9 Å². The second-order valence-corrected chi connectivity index (χ2v) is 31.9. The fraction of sp³-hybridized carbons (Fsp3) is 0.247. The smallest absolute Gasteiger partial charge is 0.417 e. The molecular weight excluding hydrogens is 1650 g/mol. The summed E-state index contributed by atoms with van der Waals surface area (Å²) in [5.41, 5.74) is 20.1. The highest BCUT2D eigenvalue weighted by Crippen LogP contribution is 2.48. The van der Waals surface area contributed by atoms with Crippen LogP contribution in [0.5, 0.6) is 0 Å². The Balaban J connectivity index is 0.000000123. The molecule has 604 valence electrons. The van der Waals surface area contributed by atoms with Crippen LogP contribution < -0.4 is 23.0 Å². The number of Topliss-reactive ketones (excluding diaryl/α,β-unsaturated/α-hetero) is 2. The third kappa shape index (κ3) is 19.2. The Morgan fingerprint density at radius 1 is 0.513 bits per heavy atom. The lowest BCUT2D eigenvalue weighted by molar-refractivity contribution is -0.153. The van der Waals surface area contributed by atoms with Gasteiger partial charge in [0.15, 0.2) is 22.5 Å². The lowest BCUT2D eigenvalue weighted by atomic mass is 9.90. The summed E-state index contributed by atoms with van der Waals surface area (Å²) in [6.45, 7) is 5.54. The van der Waals surface area contributed by atoms with E-state index in [0.717, 1.165) is 99.2 Å². The average molecular weight is 1730 g/mol. The van der Waals surface area contributed by atoms with Crippen LogP contribution in [0.1, 0.15) is 125 Å². The van der Waals surface area contributed by atoms with E-state index in [0.29, 0.717) is 116 Å². The number of halogens is 4. The molecule has 22 nitrogen and oxygen atoms in total. The van der Waals surface area contributed by atoms with E-state index in [1.165, 1.54) is 55.5 Å². The monoisotopic (exact) mass is 1730 g/mol. The van der Waals surface area contributed by atoms with E-state index < -0.39 is 41.2 Å². The molecule has 4 aliphatic carbocycles. The standard InChI is InChI=1S/2C29H22FN3O3.C13H11NO6.C11H12BrN.C7H5BrO.C4H9N/c2*30-22-6-2-1-4-19(22)17-10-12-18(13-11-17)26-24-21(28(34)33(26)15-16-8-9-16)14-31-25(24)20-5-3-7-23-27(20)36-29(35)32-23;1-2-19-12(17)10(16)6-9(15)7-4-3-5-8-11(7)20-13(18)14-8;12-11-5-3-10(4-6-11)8-13-7-9-1-2-9;8-7-3-1-6(5-9)2-4-7;5-3-4-1-2-4/h2*1-7,10-13,16,26H,8-9,14-15H2,(H,32,35);3-5H,2,6H2,1H3,(H,14,18);3-6,8-9H,1-2,7H2;1-5H;4H,1-3,5H2. The zero-order chi connectivity index (χ0) is 83.0. The van der Waals surface area contributed by atoms with Crippen molar-refractivity contribution in [1.82, 2.24) is 24.8 Å². The Morgan fingerprint density at radius 2 is 0.924 bits per heavy atom. The highest BCUT2D eigenvalue weighted by atomic mass is 79.9. The fourth-order valence-corrected chi connectivity index (χ4v) is 15.2. The van der Waals surface area contributed by atoms with Crippen molar-refractivity contribution in [3.05, 3.63) is 314 Å².